The zero-order chi connectivity index (χ0) is 28.4. The number of alkyl halides is 3. The molecule has 0 N–H and O–H groups in total. The predicted molar refractivity (Wildman–Crippen MR) is 145 cm³/mol. The van der Waals surface area contributed by atoms with Crippen LogP contribution in [-0.2, 0) is 15.7 Å². The summed E-state index contributed by atoms with van der Waals surface area (Å²) in [6.45, 7) is 2.33. The normalized spacial score (nSPS) is 11.5. The van der Waals surface area contributed by atoms with Crippen molar-refractivity contribution < 1.29 is 32.2 Å². The zero-order valence-electron chi connectivity index (χ0n) is 22.3. The van der Waals surface area contributed by atoms with E-state index in [-0.39, 0.29) is 13.2 Å². The standard InChI is InChI=1S/C31H30F3NO4/c1-22-19-27(14-15-29(22)39-21-30(36)37-4)38-18-16-28(25-8-5-9-26(20-25)31(32,33)34)24-12-10-23(11-13-24)7-6-17-35(2)3/h5,8-16,19-20H,17-18,21H2,1-4H3/b28-16+. The van der Waals surface area contributed by atoms with E-state index in [9.17, 15) is 18.0 Å². The summed E-state index contributed by atoms with van der Waals surface area (Å²) in [5, 5.41) is 0. The number of carbonyl (C=O) groups excluding carboxylic acids is 1. The van der Waals surface area contributed by atoms with E-state index in [2.05, 4.69) is 16.6 Å². The Morgan fingerprint density at radius 2 is 1.72 bits per heavy atom. The van der Waals surface area contributed by atoms with Crippen LogP contribution in [0, 0.1) is 18.8 Å². The summed E-state index contributed by atoms with van der Waals surface area (Å²) in [7, 11) is 5.15. The maximum absolute atomic E-state index is 13.4. The molecule has 0 saturated carbocycles. The number of halogens is 3. The Morgan fingerprint density at radius 3 is 2.36 bits per heavy atom. The fourth-order valence-corrected chi connectivity index (χ4v) is 3.59. The molecule has 0 aliphatic heterocycles. The van der Waals surface area contributed by atoms with Crippen LogP contribution >= 0.6 is 0 Å². The van der Waals surface area contributed by atoms with Crippen molar-refractivity contribution in [3.63, 3.8) is 0 Å². The second kappa shape index (κ2) is 13.5. The number of benzene rings is 3. The third kappa shape index (κ3) is 8.94. The minimum absolute atomic E-state index is 0.109. The van der Waals surface area contributed by atoms with Crippen molar-refractivity contribution in [1.29, 1.82) is 0 Å². The van der Waals surface area contributed by atoms with Crippen LogP contribution in [0.3, 0.4) is 0 Å². The van der Waals surface area contributed by atoms with Gasteiger partial charge in [-0.1, -0.05) is 36.1 Å². The minimum Gasteiger partial charge on any atom is -0.489 e. The fraction of sp³-hybridized carbons (Fsp3) is 0.258. The maximum Gasteiger partial charge on any atom is 0.416 e. The third-order valence-electron chi connectivity index (χ3n) is 5.58. The highest BCUT2D eigenvalue weighted by Gasteiger charge is 2.30. The van der Waals surface area contributed by atoms with Gasteiger partial charge in [-0.15, -0.1) is 0 Å². The van der Waals surface area contributed by atoms with Crippen molar-refractivity contribution in [3.8, 4) is 23.3 Å². The highest BCUT2D eigenvalue weighted by atomic mass is 19.4. The van der Waals surface area contributed by atoms with Gasteiger partial charge < -0.3 is 14.2 Å². The molecule has 0 heterocycles. The van der Waals surface area contributed by atoms with Gasteiger partial charge in [0.15, 0.2) is 6.61 Å². The molecule has 8 heteroatoms. The van der Waals surface area contributed by atoms with E-state index < -0.39 is 17.7 Å². The molecule has 0 aromatic heterocycles. The molecule has 3 rings (SSSR count). The summed E-state index contributed by atoms with van der Waals surface area (Å²) in [5.74, 6) is 6.72. The van der Waals surface area contributed by atoms with Gasteiger partial charge in [-0.2, -0.15) is 13.2 Å². The number of carbonyl (C=O) groups is 1. The molecule has 0 unspecified atom stereocenters. The molecular weight excluding hydrogens is 507 g/mol. The lowest BCUT2D eigenvalue weighted by atomic mass is 9.95. The Hall–Kier alpha value is -4.22. The number of methoxy groups -OCH3 is 1. The van der Waals surface area contributed by atoms with Crippen molar-refractivity contribution >= 4 is 11.5 Å². The van der Waals surface area contributed by atoms with Gasteiger partial charge in [0.05, 0.1) is 19.2 Å². The number of rotatable bonds is 9. The molecule has 0 saturated heterocycles. The molecule has 0 radical (unpaired) electrons. The van der Waals surface area contributed by atoms with Crippen molar-refractivity contribution in [2.45, 2.75) is 13.1 Å². The molecule has 0 fully saturated rings. The fourth-order valence-electron chi connectivity index (χ4n) is 3.59. The number of aryl methyl sites for hydroxylation is 1. The summed E-state index contributed by atoms with van der Waals surface area (Å²) < 4.78 is 56.2. The maximum atomic E-state index is 13.4. The lowest BCUT2D eigenvalue weighted by Crippen LogP contribution is -2.13. The van der Waals surface area contributed by atoms with Crippen LogP contribution < -0.4 is 9.47 Å². The molecule has 5 nitrogen and oxygen atoms in total. The van der Waals surface area contributed by atoms with Gasteiger partial charge in [-0.05, 0) is 91.8 Å². The number of ether oxygens (including phenoxy) is 3. The van der Waals surface area contributed by atoms with Crippen LogP contribution in [0.5, 0.6) is 11.5 Å². The lowest BCUT2D eigenvalue weighted by molar-refractivity contribution is -0.143. The van der Waals surface area contributed by atoms with E-state index in [4.69, 9.17) is 9.47 Å². The van der Waals surface area contributed by atoms with Gasteiger partial charge in [-0.25, -0.2) is 4.79 Å². The average Bonchev–Trinajstić information content (AvgIpc) is 2.90. The van der Waals surface area contributed by atoms with Crippen molar-refractivity contribution in [3.05, 3.63) is 101 Å². The molecule has 0 aliphatic rings. The SMILES string of the molecule is COC(=O)COc1ccc(OC/C=C(\c2ccc(C#CCN(C)C)cc2)c2cccc(C(F)(F)F)c2)cc1C. The first-order chi connectivity index (χ1) is 18.6. The third-order valence-corrected chi connectivity index (χ3v) is 5.58. The molecule has 0 atom stereocenters. The molecule has 0 aliphatic carbocycles. The molecule has 204 valence electrons. The summed E-state index contributed by atoms with van der Waals surface area (Å²) >= 11 is 0. The zero-order valence-corrected chi connectivity index (χ0v) is 22.3. The number of nitrogens with zero attached hydrogens (tertiary/aromatic N) is 1. The van der Waals surface area contributed by atoms with Gasteiger partial charge in [-0.3, -0.25) is 4.90 Å². The van der Waals surface area contributed by atoms with Crippen LogP contribution in [0.25, 0.3) is 5.57 Å². The molecule has 3 aromatic rings. The Balaban J connectivity index is 1.85. The highest BCUT2D eigenvalue weighted by Crippen LogP contribution is 2.33. The Kier molecular flexibility index (Phi) is 10.2. The first-order valence-corrected chi connectivity index (χ1v) is 12.1. The Morgan fingerprint density at radius 1 is 0.974 bits per heavy atom. The second-order valence-electron chi connectivity index (χ2n) is 8.92. The van der Waals surface area contributed by atoms with E-state index in [1.165, 1.54) is 13.2 Å². The van der Waals surface area contributed by atoms with Gasteiger partial charge >= 0.3 is 12.1 Å². The van der Waals surface area contributed by atoms with Gasteiger partial charge in [0, 0.05) is 5.56 Å². The molecule has 0 amide bonds. The highest BCUT2D eigenvalue weighted by molar-refractivity contribution is 5.80. The van der Waals surface area contributed by atoms with Crippen LogP contribution in [0.15, 0.2) is 72.8 Å². The monoisotopic (exact) mass is 537 g/mol. The summed E-state index contributed by atoms with van der Waals surface area (Å²) in [5.41, 5.74) is 2.59. The van der Waals surface area contributed by atoms with E-state index in [0.717, 1.165) is 28.8 Å². The molecule has 3 aromatic carbocycles. The van der Waals surface area contributed by atoms with E-state index in [1.54, 1.807) is 30.3 Å². The van der Waals surface area contributed by atoms with E-state index in [0.29, 0.717) is 29.2 Å². The second-order valence-corrected chi connectivity index (χ2v) is 8.92. The Labute approximate surface area is 226 Å². The first-order valence-electron chi connectivity index (χ1n) is 12.1. The molecule has 0 bridgehead atoms. The van der Waals surface area contributed by atoms with Gasteiger partial charge in [0.2, 0.25) is 0 Å². The number of esters is 1. The summed E-state index contributed by atoms with van der Waals surface area (Å²) in [6, 6.07) is 17.7. The van der Waals surface area contributed by atoms with Crippen molar-refractivity contribution in [2.75, 3.05) is 41.0 Å². The summed E-state index contributed by atoms with van der Waals surface area (Å²) in [6.07, 6.45) is -2.71. The van der Waals surface area contributed by atoms with Gasteiger partial charge in [0.1, 0.15) is 18.1 Å². The first kappa shape index (κ1) is 29.3. The lowest BCUT2D eigenvalue weighted by Gasteiger charge is -2.14. The molecular formula is C31H30F3NO4. The minimum atomic E-state index is -4.46. The van der Waals surface area contributed by atoms with Crippen molar-refractivity contribution in [2.24, 2.45) is 0 Å². The van der Waals surface area contributed by atoms with Crippen molar-refractivity contribution in [1.82, 2.24) is 4.90 Å². The smallest absolute Gasteiger partial charge is 0.416 e. The molecule has 39 heavy (non-hydrogen) atoms. The van der Waals surface area contributed by atoms with Crippen LogP contribution in [0.2, 0.25) is 0 Å². The Bertz CT molecular complexity index is 1370. The topological polar surface area (TPSA) is 48.0 Å². The summed E-state index contributed by atoms with van der Waals surface area (Å²) in [4.78, 5) is 13.3. The van der Waals surface area contributed by atoms with Crippen LogP contribution in [0.4, 0.5) is 13.2 Å². The number of hydrogen-bond acceptors (Lipinski definition) is 5. The van der Waals surface area contributed by atoms with Crippen LogP contribution in [0.1, 0.15) is 27.8 Å². The largest absolute Gasteiger partial charge is 0.489 e. The molecule has 0 spiro atoms. The van der Waals surface area contributed by atoms with E-state index in [1.807, 2.05) is 50.2 Å². The van der Waals surface area contributed by atoms with Gasteiger partial charge in [0.25, 0.3) is 0 Å². The number of hydrogen-bond donors (Lipinski definition) is 0. The van der Waals surface area contributed by atoms with E-state index >= 15 is 0 Å². The average molecular weight is 538 g/mol. The van der Waals surface area contributed by atoms with Crippen LogP contribution in [-0.4, -0.2) is 51.8 Å². The predicted octanol–water partition coefficient (Wildman–Crippen LogP) is 5.99. The quantitative estimate of drug-likeness (QED) is 0.248.